The summed E-state index contributed by atoms with van der Waals surface area (Å²) in [7, 11) is 2.98. The monoisotopic (exact) mass is 728 g/mol. The summed E-state index contributed by atoms with van der Waals surface area (Å²) >= 11 is 0. The number of phenols is 3. The number of carbonyl (C=O) groups excluding carboxylic acids is 1. The molecule has 0 aliphatic carbocycles. The lowest BCUT2D eigenvalue weighted by Gasteiger charge is -2.27. The molecule has 0 unspecified atom stereocenters. The first-order valence-corrected chi connectivity index (χ1v) is 18.1. The summed E-state index contributed by atoms with van der Waals surface area (Å²) in [5, 5.41) is 55.4. The standard InChI is InChI=1S/C45H46NO8/c1-53-43-22-28(12-14-39(43)49)21-37(32-9-5-11-36(48)24-32)42(52)26-41(51)35(20-29-16-18-46-27-29)23-33-13-15-40(50)45(54-2)38(33)25-34-10-4-7-30-6-3-8-31(17-19-47)44(30)34/h3-16,18,22,24,27,35,37,41,47-51H,17,19-21,23,25-26H2,1-2H3/q-1/t35-,37+,41-/m1/s1. The minimum Gasteiger partial charge on any atom is -0.670 e. The first kappa shape index (κ1) is 38.0. The van der Waals surface area contributed by atoms with Gasteiger partial charge in [0.1, 0.15) is 11.5 Å². The van der Waals surface area contributed by atoms with Gasteiger partial charge in [0.05, 0.1) is 20.3 Å². The molecule has 6 aromatic rings. The Balaban J connectivity index is 1.34. The number of Topliss-reactive ketones (excluding diaryl/α,β-unsaturated/α-hetero) is 1. The number of nitrogens with zero attached hydrogens (tertiary/aromatic N) is 1. The molecule has 0 aliphatic rings. The number of fused-ring (bicyclic) bond motifs is 1. The summed E-state index contributed by atoms with van der Waals surface area (Å²) in [5.41, 5.74) is 5.93. The first-order chi connectivity index (χ1) is 26.2. The van der Waals surface area contributed by atoms with Crippen LogP contribution in [-0.4, -0.2) is 58.2 Å². The Kier molecular flexibility index (Phi) is 12.2. The maximum atomic E-state index is 14.3. The summed E-state index contributed by atoms with van der Waals surface area (Å²) < 4.78 is 11.1. The van der Waals surface area contributed by atoms with Crippen LogP contribution in [0.15, 0.2) is 109 Å². The molecule has 0 saturated carbocycles. The molecule has 9 heteroatoms. The fraction of sp³-hybridized carbons (Fsp3) is 0.267. The molecule has 6 rings (SSSR count). The maximum absolute atomic E-state index is 14.3. The molecule has 3 atom stereocenters. The second-order valence-electron chi connectivity index (χ2n) is 13.8. The van der Waals surface area contributed by atoms with Gasteiger partial charge in [-0.05, 0) is 101 Å². The molecule has 54 heavy (non-hydrogen) atoms. The highest BCUT2D eigenvalue weighted by Gasteiger charge is 2.30. The molecular weight excluding hydrogens is 682 g/mol. The van der Waals surface area contributed by atoms with Gasteiger partial charge < -0.3 is 40.0 Å². The van der Waals surface area contributed by atoms with Crippen molar-refractivity contribution in [1.29, 1.82) is 0 Å². The number of aliphatic hydroxyl groups is 2. The Morgan fingerprint density at radius 3 is 2.22 bits per heavy atom. The van der Waals surface area contributed by atoms with Gasteiger partial charge in [0.25, 0.3) is 0 Å². The van der Waals surface area contributed by atoms with Gasteiger partial charge in [-0.25, -0.2) is 0 Å². The topological polar surface area (TPSA) is 151 Å². The predicted octanol–water partition coefficient (Wildman–Crippen LogP) is 6.80. The average molecular weight is 729 g/mol. The Morgan fingerprint density at radius 2 is 1.52 bits per heavy atom. The number of aromatic nitrogens is 1. The number of hydrogen-bond acceptors (Lipinski definition) is 8. The molecule has 280 valence electrons. The van der Waals surface area contributed by atoms with E-state index in [4.69, 9.17) is 9.47 Å². The number of ketones is 1. The summed E-state index contributed by atoms with van der Waals surface area (Å²) in [6.45, 7) is 0.0123. The van der Waals surface area contributed by atoms with E-state index in [0.717, 1.165) is 44.2 Å². The predicted molar refractivity (Wildman–Crippen MR) is 208 cm³/mol. The quantitative estimate of drug-likeness (QED) is 0.0683. The van der Waals surface area contributed by atoms with Crippen LogP contribution in [0.2, 0.25) is 0 Å². The fourth-order valence-electron chi connectivity index (χ4n) is 7.57. The maximum Gasteiger partial charge on any atom is 0.164 e. The second-order valence-corrected chi connectivity index (χ2v) is 13.8. The summed E-state index contributed by atoms with van der Waals surface area (Å²) in [6, 6.07) is 29.0. The van der Waals surface area contributed by atoms with Crippen molar-refractivity contribution in [2.24, 2.45) is 5.92 Å². The van der Waals surface area contributed by atoms with Crippen molar-refractivity contribution in [3.63, 3.8) is 0 Å². The fourth-order valence-corrected chi connectivity index (χ4v) is 7.57. The van der Waals surface area contributed by atoms with Gasteiger partial charge in [0.2, 0.25) is 0 Å². The van der Waals surface area contributed by atoms with E-state index in [0.29, 0.717) is 37.0 Å². The zero-order chi connectivity index (χ0) is 38.2. The van der Waals surface area contributed by atoms with Crippen LogP contribution in [0.5, 0.6) is 28.7 Å². The van der Waals surface area contributed by atoms with E-state index >= 15 is 0 Å². The Labute approximate surface area is 315 Å². The summed E-state index contributed by atoms with van der Waals surface area (Å²) in [4.78, 5) is 18.5. The average Bonchev–Trinajstić information content (AvgIpc) is 3.68. The van der Waals surface area contributed by atoms with E-state index < -0.39 is 17.9 Å². The van der Waals surface area contributed by atoms with Crippen molar-refractivity contribution >= 4 is 16.6 Å². The third-order valence-corrected chi connectivity index (χ3v) is 10.3. The molecule has 1 aromatic heterocycles. The number of ether oxygens (including phenoxy) is 2. The molecule has 5 aromatic carbocycles. The van der Waals surface area contributed by atoms with Crippen LogP contribution in [0.1, 0.15) is 51.3 Å². The van der Waals surface area contributed by atoms with Crippen LogP contribution in [0, 0.1) is 5.92 Å². The molecule has 0 spiro atoms. The van der Waals surface area contributed by atoms with Gasteiger partial charge in [0, 0.05) is 30.9 Å². The van der Waals surface area contributed by atoms with Crippen molar-refractivity contribution in [1.82, 2.24) is 4.98 Å². The van der Waals surface area contributed by atoms with Crippen molar-refractivity contribution in [2.45, 2.75) is 50.5 Å². The number of aliphatic hydroxyl groups excluding tert-OH is 2. The van der Waals surface area contributed by atoms with Gasteiger partial charge in [-0.15, -0.1) is 0 Å². The van der Waals surface area contributed by atoms with Crippen molar-refractivity contribution in [3.05, 3.63) is 148 Å². The number of aromatic hydroxyl groups is 3. The largest absolute Gasteiger partial charge is 0.670 e. The third-order valence-electron chi connectivity index (χ3n) is 10.3. The van der Waals surface area contributed by atoms with Crippen molar-refractivity contribution < 1.29 is 39.8 Å². The van der Waals surface area contributed by atoms with Crippen LogP contribution < -0.4 is 14.5 Å². The first-order valence-electron chi connectivity index (χ1n) is 18.1. The van der Waals surface area contributed by atoms with E-state index in [1.807, 2.05) is 48.5 Å². The normalized spacial score (nSPS) is 13.0. The number of hydrogen-bond donors (Lipinski definition) is 5. The van der Waals surface area contributed by atoms with E-state index in [1.54, 1.807) is 54.9 Å². The summed E-state index contributed by atoms with van der Waals surface area (Å²) in [5.74, 6) is -0.700. The lowest BCUT2D eigenvalue weighted by Crippen LogP contribution is -2.30. The van der Waals surface area contributed by atoms with Gasteiger partial charge >= 0.3 is 0 Å². The van der Waals surface area contributed by atoms with Crippen LogP contribution in [0.4, 0.5) is 0 Å². The highest BCUT2D eigenvalue weighted by Crippen LogP contribution is 2.38. The molecule has 0 amide bonds. The van der Waals surface area contributed by atoms with Crippen molar-refractivity contribution in [2.75, 3.05) is 20.8 Å². The van der Waals surface area contributed by atoms with E-state index in [-0.39, 0.29) is 48.2 Å². The molecule has 5 N–H and O–H groups in total. The van der Waals surface area contributed by atoms with Gasteiger partial charge in [-0.1, -0.05) is 72.3 Å². The van der Waals surface area contributed by atoms with Gasteiger partial charge in [0.15, 0.2) is 23.0 Å². The smallest absolute Gasteiger partial charge is 0.164 e. The number of rotatable bonds is 17. The SMILES string of the molecule is COc1cc(C[C@H](C(=O)C[C@@H](O)[C@H](Cc2cc[n-]c2)Cc2ccc(O)c(OC)c2Cc2cccc3cccc(CCO)c23)c2cccc(O)c2)ccc1O. The van der Waals surface area contributed by atoms with Gasteiger partial charge in [-0.3, -0.25) is 4.79 Å². The summed E-state index contributed by atoms with van der Waals surface area (Å²) in [6.07, 6.45) is 4.21. The molecule has 0 fully saturated rings. The van der Waals surface area contributed by atoms with Crippen LogP contribution >= 0.6 is 0 Å². The molecule has 1 heterocycles. The second kappa shape index (κ2) is 17.4. The minimum absolute atomic E-state index is 0.000559. The number of benzene rings is 5. The highest BCUT2D eigenvalue weighted by molar-refractivity contribution is 5.89. The minimum atomic E-state index is -1.07. The molecule has 0 saturated heterocycles. The zero-order valence-electron chi connectivity index (χ0n) is 30.5. The van der Waals surface area contributed by atoms with Gasteiger partial charge in [-0.2, -0.15) is 12.4 Å². The number of phenolic OH excluding ortho intramolecular Hbond substituents is 3. The van der Waals surface area contributed by atoms with E-state index in [1.165, 1.54) is 20.3 Å². The number of methoxy groups -OCH3 is 2. The van der Waals surface area contributed by atoms with E-state index in [2.05, 4.69) is 4.98 Å². The molecular formula is C45H46NO8-. The Hall–Kier alpha value is -5.77. The number of carbonyl (C=O) groups is 1. The molecule has 9 nitrogen and oxygen atoms in total. The van der Waals surface area contributed by atoms with Crippen LogP contribution in [0.3, 0.4) is 0 Å². The molecule has 0 radical (unpaired) electrons. The zero-order valence-corrected chi connectivity index (χ0v) is 30.5. The molecule has 0 aliphatic heterocycles. The molecule has 0 bridgehead atoms. The Bertz CT molecular complexity index is 2190. The van der Waals surface area contributed by atoms with Crippen LogP contribution in [-0.2, 0) is 36.9 Å². The Morgan fingerprint density at radius 1 is 0.759 bits per heavy atom. The van der Waals surface area contributed by atoms with E-state index in [9.17, 15) is 30.3 Å². The third kappa shape index (κ3) is 8.71. The van der Waals surface area contributed by atoms with Crippen molar-refractivity contribution in [3.8, 4) is 28.7 Å². The highest BCUT2D eigenvalue weighted by atomic mass is 16.5. The lowest BCUT2D eigenvalue weighted by atomic mass is 9.80. The van der Waals surface area contributed by atoms with Crippen LogP contribution in [0.25, 0.3) is 10.8 Å². The lowest BCUT2D eigenvalue weighted by molar-refractivity contribution is -0.123.